The van der Waals surface area contributed by atoms with Crippen LogP contribution in [0.3, 0.4) is 0 Å². The Hall–Kier alpha value is -1.24. The third-order valence-corrected chi connectivity index (χ3v) is 4.22. The van der Waals surface area contributed by atoms with Gasteiger partial charge in [-0.3, -0.25) is 0 Å². The molecule has 1 aromatic carbocycles. The van der Waals surface area contributed by atoms with E-state index in [4.69, 9.17) is 0 Å². The van der Waals surface area contributed by atoms with Gasteiger partial charge in [0.05, 0.1) is 0 Å². The summed E-state index contributed by atoms with van der Waals surface area (Å²) < 4.78 is 0. The lowest BCUT2D eigenvalue weighted by atomic mass is 9.84. The molecule has 0 radical (unpaired) electrons. The second-order valence-corrected chi connectivity index (χ2v) is 5.77. The predicted molar refractivity (Wildman–Crippen MR) is 82.2 cm³/mol. The molecule has 0 saturated heterocycles. The van der Waals surface area contributed by atoms with Crippen molar-refractivity contribution in [3.8, 4) is 5.75 Å². The van der Waals surface area contributed by atoms with E-state index in [9.17, 15) is 5.11 Å². The van der Waals surface area contributed by atoms with Crippen molar-refractivity contribution in [1.82, 2.24) is 0 Å². The van der Waals surface area contributed by atoms with Gasteiger partial charge in [0.25, 0.3) is 0 Å². The van der Waals surface area contributed by atoms with Crippen LogP contribution < -0.4 is 0 Å². The number of benzene rings is 1. The number of allylic oxidation sites excluding steroid dienone is 2. The second-order valence-electron chi connectivity index (χ2n) is 5.77. The summed E-state index contributed by atoms with van der Waals surface area (Å²) in [6, 6.07) is 7.63. The van der Waals surface area contributed by atoms with Crippen LogP contribution >= 0.6 is 0 Å². The standard InChI is InChI=1S/C18H26O/c1-2-3-4-5-6-15-7-9-16(10-8-15)17-11-13-18(19)14-12-17/h9,11-15,19H,2-8,10H2,1H3. The van der Waals surface area contributed by atoms with Gasteiger partial charge in [0.1, 0.15) is 5.75 Å². The van der Waals surface area contributed by atoms with Gasteiger partial charge >= 0.3 is 0 Å². The van der Waals surface area contributed by atoms with Crippen molar-refractivity contribution in [2.24, 2.45) is 5.92 Å². The van der Waals surface area contributed by atoms with E-state index in [1.807, 2.05) is 12.1 Å². The summed E-state index contributed by atoms with van der Waals surface area (Å²) in [4.78, 5) is 0. The molecule has 0 bridgehead atoms. The first-order valence-corrected chi connectivity index (χ1v) is 7.78. The highest BCUT2D eigenvalue weighted by Gasteiger charge is 2.14. The molecule has 0 aromatic heterocycles. The van der Waals surface area contributed by atoms with Crippen LogP contribution in [0.1, 0.15) is 63.9 Å². The highest BCUT2D eigenvalue weighted by Crippen LogP contribution is 2.33. The predicted octanol–water partition coefficient (Wildman–Crippen LogP) is 5.55. The maximum absolute atomic E-state index is 9.32. The van der Waals surface area contributed by atoms with Crippen molar-refractivity contribution in [3.05, 3.63) is 35.9 Å². The SMILES string of the molecule is CCCCCCC1CC=C(c2ccc(O)cc2)CC1. The molecule has 2 rings (SSSR count). The molecule has 0 amide bonds. The average molecular weight is 258 g/mol. The van der Waals surface area contributed by atoms with Gasteiger partial charge in [0.15, 0.2) is 0 Å². The van der Waals surface area contributed by atoms with E-state index in [0.29, 0.717) is 5.75 Å². The van der Waals surface area contributed by atoms with Gasteiger partial charge in [-0.15, -0.1) is 0 Å². The quantitative estimate of drug-likeness (QED) is 0.664. The highest BCUT2D eigenvalue weighted by molar-refractivity contribution is 5.66. The minimum atomic E-state index is 0.356. The molecule has 1 aliphatic rings. The summed E-state index contributed by atoms with van der Waals surface area (Å²) in [5.41, 5.74) is 2.74. The Balaban J connectivity index is 1.81. The summed E-state index contributed by atoms with van der Waals surface area (Å²) >= 11 is 0. The van der Waals surface area contributed by atoms with Gasteiger partial charge in [-0.05, 0) is 48.4 Å². The van der Waals surface area contributed by atoms with Crippen LogP contribution in [0.15, 0.2) is 30.3 Å². The molecule has 19 heavy (non-hydrogen) atoms. The molecular formula is C18H26O. The molecule has 1 nitrogen and oxygen atoms in total. The van der Waals surface area contributed by atoms with Crippen molar-refractivity contribution in [2.45, 2.75) is 58.3 Å². The number of hydrogen-bond donors (Lipinski definition) is 1. The van der Waals surface area contributed by atoms with Crippen molar-refractivity contribution in [1.29, 1.82) is 0 Å². The number of phenols is 1. The number of phenolic OH excluding ortho intramolecular Hbond substituents is 1. The fraction of sp³-hybridized carbons (Fsp3) is 0.556. The topological polar surface area (TPSA) is 20.2 Å². The third-order valence-electron chi connectivity index (χ3n) is 4.22. The van der Waals surface area contributed by atoms with Gasteiger partial charge in [0.2, 0.25) is 0 Å². The molecule has 0 saturated carbocycles. The summed E-state index contributed by atoms with van der Waals surface area (Å²) in [5.74, 6) is 1.26. The molecule has 0 aliphatic heterocycles. The first-order valence-electron chi connectivity index (χ1n) is 7.78. The van der Waals surface area contributed by atoms with E-state index in [1.54, 1.807) is 12.1 Å². The zero-order chi connectivity index (χ0) is 13.5. The van der Waals surface area contributed by atoms with Crippen molar-refractivity contribution in [2.75, 3.05) is 0 Å². The zero-order valence-electron chi connectivity index (χ0n) is 12.1. The molecule has 104 valence electrons. The molecule has 0 fully saturated rings. The fourth-order valence-corrected chi connectivity index (χ4v) is 2.95. The fourth-order valence-electron chi connectivity index (χ4n) is 2.95. The Bertz CT molecular complexity index is 402. The Morgan fingerprint density at radius 2 is 1.89 bits per heavy atom. The minimum absolute atomic E-state index is 0.356. The smallest absolute Gasteiger partial charge is 0.115 e. The normalized spacial score (nSPS) is 19.2. The third kappa shape index (κ3) is 4.41. The first-order chi connectivity index (χ1) is 9.29. The Labute approximate surface area is 117 Å². The summed E-state index contributed by atoms with van der Waals surface area (Å²) in [6.07, 6.45) is 13.1. The first kappa shape index (κ1) is 14.2. The van der Waals surface area contributed by atoms with Gasteiger partial charge < -0.3 is 5.11 Å². The largest absolute Gasteiger partial charge is 0.508 e. The molecule has 1 N–H and O–H groups in total. The Morgan fingerprint density at radius 3 is 2.53 bits per heavy atom. The molecule has 1 heteroatoms. The minimum Gasteiger partial charge on any atom is -0.508 e. The van der Waals surface area contributed by atoms with Gasteiger partial charge in [-0.2, -0.15) is 0 Å². The van der Waals surface area contributed by atoms with Crippen molar-refractivity contribution in [3.63, 3.8) is 0 Å². The van der Waals surface area contributed by atoms with E-state index < -0.39 is 0 Å². The molecular weight excluding hydrogens is 232 g/mol. The molecule has 1 unspecified atom stereocenters. The average Bonchev–Trinajstić information content (AvgIpc) is 2.45. The van der Waals surface area contributed by atoms with E-state index in [-0.39, 0.29) is 0 Å². The Kier molecular flexibility index (Phi) is 5.50. The lowest BCUT2D eigenvalue weighted by molar-refractivity contribution is 0.425. The van der Waals surface area contributed by atoms with Gasteiger partial charge in [-0.1, -0.05) is 57.2 Å². The van der Waals surface area contributed by atoms with E-state index in [0.717, 1.165) is 5.92 Å². The number of hydrogen-bond acceptors (Lipinski definition) is 1. The van der Waals surface area contributed by atoms with E-state index >= 15 is 0 Å². The van der Waals surface area contributed by atoms with Crippen molar-refractivity contribution >= 4 is 5.57 Å². The summed E-state index contributed by atoms with van der Waals surface area (Å²) in [7, 11) is 0. The Morgan fingerprint density at radius 1 is 1.11 bits per heavy atom. The van der Waals surface area contributed by atoms with Crippen LogP contribution in [0, 0.1) is 5.92 Å². The number of unbranched alkanes of at least 4 members (excludes halogenated alkanes) is 3. The van der Waals surface area contributed by atoms with Crippen molar-refractivity contribution < 1.29 is 5.11 Å². The maximum Gasteiger partial charge on any atom is 0.115 e. The lowest BCUT2D eigenvalue weighted by Gasteiger charge is -2.22. The van der Waals surface area contributed by atoms with Crippen LogP contribution in [-0.2, 0) is 0 Å². The van der Waals surface area contributed by atoms with E-state index in [1.165, 1.54) is 62.5 Å². The molecule has 1 atom stereocenters. The van der Waals surface area contributed by atoms with Crippen LogP contribution in [0.2, 0.25) is 0 Å². The van der Waals surface area contributed by atoms with Crippen LogP contribution in [-0.4, -0.2) is 5.11 Å². The van der Waals surface area contributed by atoms with Gasteiger partial charge in [0, 0.05) is 0 Å². The summed E-state index contributed by atoms with van der Waals surface area (Å²) in [5, 5.41) is 9.32. The maximum atomic E-state index is 9.32. The van der Waals surface area contributed by atoms with Gasteiger partial charge in [-0.25, -0.2) is 0 Å². The second kappa shape index (κ2) is 7.37. The molecule has 0 spiro atoms. The van der Waals surface area contributed by atoms with Crippen LogP contribution in [0.25, 0.3) is 5.57 Å². The molecule has 0 heterocycles. The van der Waals surface area contributed by atoms with E-state index in [2.05, 4.69) is 13.0 Å². The van der Waals surface area contributed by atoms with Crippen LogP contribution in [0.5, 0.6) is 5.75 Å². The highest BCUT2D eigenvalue weighted by atomic mass is 16.3. The van der Waals surface area contributed by atoms with Crippen LogP contribution in [0.4, 0.5) is 0 Å². The molecule has 1 aliphatic carbocycles. The zero-order valence-corrected chi connectivity index (χ0v) is 12.1. The number of aromatic hydroxyl groups is 1. The summed E-state index contributed by atoms with van der Waals surface area (Å²) in [6.45, 7) is 2.27. The molecule has 1 aromatic rings. The number of rotatable bonds is 6. The monoisotopic (exact) mass is 258 g/mol. The lowest BCUT2D eigenvalue weighted by Crippen LogP contribution is -2.05.